The average molecular weight is 319 g/mol. The van der Waals surface area contributed by atoms with E-state index in [1.807, 2.05) is 37.3 Å². The van der Waals surface area contributed by atoms with Crippen LogP contribution in [0.25, 0.3) is 0 Å². The van der Waals surface area contributed by atoms with Crippen LogP contribution in [0, 0.1) is 5.92 Å². The molecule has 1 rings (SSSR count). The highest BCUT2D eigenvalue weighted by Gasteiger charge is 2.23. The van der Waals surface area contributed by atoms with E-state index in [-0.39, 0.29) is 23.9 Å². The molecule has 3 N–H and O–H groups in total. The van der Waals surface area contributed by atoms with Crippen molar-refractivity contribution in [2.24, 2.45) is 11.7 Å². The molecule has 0 fully saturated rings. The van der Waals surface area contributed by atoms with Crippen LogP contribution in [-0.2, 0) is 4.79 Å². The summed E-state index contributed by atoms with van der Waals surface area (Å²) < 4.78 is 0. The molecule has 1 amide bonds. The first-order valence-corrected chi connectivity index (χ1v) is 8.82. The third-order valence-corrected chi connectivity index (χ3v) is 4.53. The minimum absolute atomic E-state index is 0.0386. The maximum Gasteiger partial charge on any atom is 0.224 e. The van der Waals surface area contributed by atoms with Crippen molar-refractivity contribution in [3.63, 3.8) is 0 Å². The Kier molecular flexibility index (Phi) is 8.89. The number of benzene rings is 1. The van der Waals surface area contributed by atoms with Crippen LogP contribution < -0.4 is 11.1 Å². The summed E-state index contributed by atoms with van der Waals surface area (Å²) in [4.78, 5) is 14.8. The highest BCUT2D eigenvalue weighted by Crippen LogP contribution is 2.19. The van der Waals surface area contributed by atoms with Gasteiger partial charge in [0.25, 0.3) is 0 Å². The molecule has 1 aromatic rings. The summed E-state index contributed by atoms with van der Waals surface area (Å²) >= 11 is 0. The van der Waals surface area contributed by atoms with Gasteiger partial charge >= 0.3 is 0 Å². The van der Waals surface area contributed by atoms with E-state index in [2.05, 4.69) is 31.0 Å². The summed E-state index contributed by atoms with van der Waals surface area (Å²) in [6, 6.07) is 9.73. The number of nitrogens with one attached hydrogen (secondary N) is 1. The third-order valence-electron chi connectivity index (χ3n) is 4.53. The van der Waals surface area contributed by atoms with Gasteiger partial charge in [0.2, 0.25) is 5.91 Å². The number of carbonyl (C=O) groups is 1. The number of rotatable bonds is 10. The van der Waals surface area contributed by atoms with E-state index in [1.165, 1.54) is 0 Å². The van der Waals surface area contributed by atoms with E-state index < -0.39 is 0 Å². The van der Waals surface area contributed by atoms with E-state index in [1.54, 1.807) is 0 Å². The monoisotopic (exact) mass is 319 g/mol. The van der Waals surface area contributed by atoms with Gasteiger partial charge in [0, 0.05) is 12.1 Å². The van der Waals surface area contributed by atoms with Crippen LogP contribution >= 0.6 is 0 Å². The summed E-state index contributed by atoms with van der Waals surface area (Å²) in [6.07, 6.45) is 2.10. The van der Waals surface area contributed by atoms with Crippen LogP contribution in [0.4, 0.5) is 0 Å². The second kappa shape index (κ2) is 10.4. The maximum atomic E-state index is 12.4. The zero-order valence-electron chi connectivity index (χ0n) is 15.1. The minimum atomic E-state index is -0.265. The minimum Gasteiger partial charge on any atom is -0.353 e. The molecule has 3 atom stereocenters. The molecule has 1 aromatic carbocycles. The highest BCUT2D eigenvalue weighted by molar-refractivity contribution is 5.79. The maximum absolute atomic E-state index is 12.4. The largest absolute Gasteiger partial charge is 0.353 e. The zero-order chi connectivity index (χ0) is 17.2. The van der Waals surface area contributed by atoms with Crippen molar-refractivity contribution >= 4 is 5.91 Å². The molecular weight excluding hydrogens is 286 g/mol. The topological polar surface area (TPSA) is 58.4 Å². The number of amides is 1. The lowest BCUT2D eigenvalue weighted by Crippen LogP contribution is -2.40. The van der Waals surface area contributed by atoms with Crippen LogP contribution in [-0.4, -0.2) is 36.5 Å². The molecule has 23 heavy (non-hydrogen) atoms. The molecule has 0 spiro atoms. The lowest BCUT2D eigenvalue weighted by molar-refractivity contribution is -0.125. The molecule has 4 heteroatoms. The van der Waals surface area contributed by atoms with E-state index in [9.17, 15) is 4.79 Å². The predicted octanol–water partition coefficient (Wildman–Crippen LogP) is 2.95. The first kappa shape index (κ1) is 19.7. The van der Waals surface area contributed by atoms with Crippen molar-refractivity contribution in [3.8, 4) is 0 Å². The summed E-state index contributed by atoms with van der Waals surface area (Å²) in [6.45, 7) is 11.6. The van der Waals surface area contributed by atoms with Gasteiger partial charge in [0.15, 0.2) is 0 Å². The van der Waals surface area contributed by atoms with Gasteiger partial charge < -0.3 is 16.0 Å². The van der Waals surface area contributed by atoms with Gasteiger partial charge in [-0.25, -0.2) is 0 Å². The van der Waals surface area contributed by atoms with Crippen LogP contribution in [0.2, 0.25) is 0 Å². The molecule has 0 saturated heterocycles. The summed E-state index contributed by atoms with van der Waals surface area (Å²) in [5.74, 6) is -0.195. The zero-order valence-corrected chi connectivity index (χ0v) is 15.1. The first-order valence-electron chi connectivity index (χ1n) is 8.82. The van der Waals surface area contributed by atoms with Crippen LogP contribution in [0.3, 0.4) is 0 Å². The van der Waals surface area contributed by atoms with Crippen molar-refractivity contribution < 1.29 is 4.79 Å². The molecule has 130 valence electrons. The van der Waals surface area contributed by atoms with Crippen LogP contribution in [0.15, 0.2) is 30.3 Å². The number of carbonyl (C=O) groups excluding carboxylic acids is 1. The van der Waals surface area contributed by atoms with Crippen molar-refractivity contribution in [1.82, 2.24) is 10.2 Å². The van der Waals surface area contributed by atoms with Gasteiger partial charge in [0.1, 0.15) is 0 Å². The van der Waals surface area contributed by atoms with Crippen molar-refractivity contribution in [2.45, 2.75) is 52.6 Å². The fourth-order valence-electron chi connectivity index (χ4n) is 2.73. The second-order valence-corrected chi connectivity index (χ2v) is 6.30. The molecule has 0 aliphatic carbocycles. The number of hydrogen-bond donors (Lipinski definition) is 2. The Morgan fingerprint density at radius 3 is 2.35 bits per heavy atom. The summed E-state index contributed by atoms with van der Waals surface area (Å²) in [5, 5.41) is 3.10. The van der Waals surface area contributed by atoms with Gasteiger partial charge in [-0.15, -0.1) is 0 Å². The number of nitrogens with zero attached hydrogens (tertiary/aromatic N) is 1. The fourth-order valence-corrected chi connectivity index (χ4v) is 2.73. The lowest BCUT2D eigenvalue weighted by Gasteiger charge is -2.23. The molecule has 0 aliphatic heterocycles. The van der Waals surface area contributed by atoms with E-state index >= 15 is 0 Å². The molecule has 3 unspecified atom stereocenters. The third kappa shape index (κ3) is 6.71. The van der Waals surface area contributed by atoms with Gasteiger partial charge in [-0.1, -0.05) is 51.1 Å². The smallest absolute Gasteiger partial charge is 0.224 e. The molecule has 0 aromatic heterocycles. The quantitative estimate of drug-likeness (QED) is 0.697. The fraction of sp³-hybridized carbons (Fsp3) is 0.632. The average Bonchev–Trinajstić information content (AvgIpc) is 2.58. The van der Waals surface area contributed by atoms with Gasteiger partial charge in [0.05, 0.1) is 5.92 Å². The Morgan fingerprint density at radius 1 is 1.17 bits per heavy atom. The highest BCUT2D eigenvalue weighted by atomic mass is 16.1. The van der Waals surface area contributed by atoms with Crippen LogP contribution in [0.5, 0.6) is 0 Å². The van der Waals surface area contributed by atoms with E-state index in [0.29, 0.717) is 0 Å². The van der Waals surface area contributed by atoms with E-state index in [4.69, 9.17) is 5.73 Å². The van der Waals surface area contributed by atoms with Gasteiger partial charge in [-0.05, 0) is 45.0 Å². The number of nitrogens with two attached hydrogens (primary N) is 1. The lowest BCUT2D eigenvalue weighted by atomic mass is 9.94. The van der Waals surface area contributed by atoms with Crippen LogP contribution in [0.1, 0.15) is 52.1 Å². The Hall–Kier alpha value is -1.39. The van der Waals surface area contributed by atoms with E-state index in [0.717, 1.165) is 38.0 Å². The molecule has 0 saturated carbocycles. The molecule has 0 heterocycles. The Bertz CT molecular complexity index is 445. The van der Waals surface area contributed by atoms with Crippen molar-refractivity contribution in [3.05, 3.63) is 35.9 Å². The van der Waals surface area contributed by atoms with Gasteiger partial charge in [-0.3, -0.25) is 4.79 Å². The second-order valence-electron chi connectivity index (χ2n) is 6.30. The first-order chi connectivity index (χ1) is 11.0. The SMILES string of the molecule is CCN(CC)CCCC(C)NC(=O)C(C)C(N)c1ccccc1. The normalized spacial score (nSPS) is 15.2. The summed E-state index contributed by atoms with van der Waals surface area (Å²) in [5.41, 5.74) is 7.23. The molecule has 0 bridgehead atoms. The Labute approximate surface area is 141 Å². The predicted molar refractivity (Wildman–Crippen MR) is 97.2 cm³/mol. The Morgan fingerprint density at radius 2 is 1.78 bits per heavy atom. The molecule has 0 radical (unpaired) electrons. The van der Waals surface area contributed by atoms with Crippen molar-refractivity contribution in [2.75, 3.05) is 19.6 Å². The molecular formula is C19H33N3O. The molecule has 0 aliphatic rings. The number of hydrogen-bond acceptors (Lipinski definition) is 3. The van der Waals surface area contributed by atoms with Gasteiger partial charge in [-0.2, -0.15) is 0 Å². The summed E-state index contributed by atoms with van der Waals surface area (Å²) in [7, 11) is 0. The van der Waals surface area contributed by atoms with Crippen molar-refractivity contribution in [1.29, 1.82) is 0 Å². The molecule has 4 nitrogen and oxygen atoms in total. The standard InChI is InChI=1S/C19H33N3O/c1-5-22(6-2)14-10-11-15(3)21-19(23)16(4)18(20)17-12-8-7-9-13-17/h7-9,12-13,15-16,18H,5-6,10-11,14,20H2,1-4H3,(H,21,23). The Balaban J connectivity index is 2.39.